The molecule has 5 rings (SSSR count). The molecular weight excluding hydrogens is 410 g/mol. The Morgan fingerprint density at radius 3 is 2.83 bits per heavy atom. The van der Waals surface area contributed by atoms with Gasteiger partial charge in [-0.05, 0) is 30.2 Å². The minimum absolute atomic E-state index is 0.519. The fourth-order valence-electron chi connectivity index (χ4n) is 3.12. The highest BCUT2D eigenvalue weighted by Crippen LogP contribution is 2.34. The van der Waals surface area contributed by atoms with Gasteiger partial charge in [0.05, 0.1) is 15.9 Å². The molecule has 0 radical (unpaired) electrons. The molecule has 1 aromatic carbocycles. The molecule has 0 fully saturated rings. The third-order valence-electron chi connectivity index (χ3n) is 4.47. The number of halogens is 1. The predicted molar refractivity (Wildman–Crippen MR) is 113 cm³/mol. The van der Waals surface area contributed by atoms with Crippen molar-refractivity contribution in [1.29, 1.82) is 0 Å². The van der Waals surface area contributed by atoms with Crippen LogP contribution in [0.2, 0.25) is 4.34 Å². The summed E-state index contributed by atoms with van der Waals surface area (Å²) in [5, 5.41) is 4.31. The van der Waals surface area contributed by atoms with Crippen LogP contribution in [0.1, 0.15) is 5.56 Å². The molecule has 0 bridgehead atoms. The fourth-order valence-corrected chi connectivity index (χ4v) is 4.21. The number of nitrogens with zero attached hydrogens (tertiary/aromatic N) is 4. The van der Waals surface area contributed by atoms with Gasteiger partial charge in [0.25, 0.3) is 0 Å². The first-order valence-electron chi connectivity index (χ1n) is 9.12. The third kappa shape index (κ3) is 3.81. The number of fused-ring (bicyclic) bond motifs is 2. The Morgan fingerprint density at radius 1 is 1.07 bits per heavy atom. The molecule has 4 heterocycles. The Labute approximate surface area is 175 Å². The first-order chi connectivity index (χ1) is 14.3. The van der Waals surface area contributed by atoms with Crippen molar-refractivity contribution in [2.24, 2.45) is 0 Å². The summed E-state index contributed by atoms with van der Waals surface area (Å²) in [6.07, 6.45) is 5.70. The molecule has 0 aliphatic carbocycles. The van der Waals surface area contributed by atoms with E-state index in [1.54, 1.807) is 18.6 Å². The average molecular weight is 426 g/mol. The molecule has 4 aromatic rings. The second kappa shape index (κ2) is 7.81. The van der Waals surface area contributed by atoms with Crippen molar-refractivity contribution in [3.05, 3.63) is 52.8 Å². The number of hydrogen-bond acceptors (Lipinski definition) is 8. The SMILES string of the molecule is Clc1cc2c(NCCc3ccc4c(c3)OCCO4)nc(-c3cnccn3)nc2s1. The molecule has 0 spiro atoms. The Bertz CT molecular complexity index is 1170. The molecular formula is C20H16ClN5O2S. The van der Waals surface area contributed by atoms with E-state index in [1.807, 2.05) is 18.2 Å². The van der Waals surface area contributed by atoms with E-state index in [0.29, 0.717) is 35.6 Å². The van der Waals surface area contributed by atoms with Crippen molar-refractivity contribution in [2.75, 3.05) is 25.1 Å². The van der Waals surface area contributed by atoms with E-state index in [-0.39, 0.29) is 0 Å². The number of benzene rings is 1. The van der Waals surface area contributed by atoms with Crippen LogP contribution in [0.25, 0.3) is 21.7 Å². The van der Waals surface area contributed by atoms with Crippen molar-refractivity contribution in [3.63, 3.8) is 0 Å². The number of anilines is 1. The molecule has 7 nitrogen and oxygen atoms in total. The second-order valence-corrected chi connectivity index (χ2v) is 8.07. The van der Waals surface area contributed by atoms with E-state index in [4.69, 9.17) is 21.1 Å². The highest BCUT2D eigenvalue weighted by molar-refractivity contribution is 7.22. The lowest BCUT2D eigenvalue weighted by molar-refractivity contribution is 0.171. The molecule has 0 unspecified atom stereocenters. The van der Waals surface area contributed by atoms with Crippen LogP contribution in [-0.2, 0) is 6.42 Å². The van der Waals surface area contributed by atoms with Crippen LogP contribution >= 0.6 is 22.9 Å². The van der Waals surface area contributed by atoms with E-state index in [2.05, 4.69) is 31.3 Å². The van der Waals surface area contributed by atoms with Gasteiger partial charge in [0.15, 0.2) is 17.3 Å². The van der Waals surface area contributed by atoms with E-state index in [9.17, 15) is 0 Å². The third-order valence-corrected chi connectivity index (χ3v) is 5.63. The molecule has 146 valence electrons. The number of ether oxygens (including phenoxy) is 2. The molecule has 0 amide bonds. The Balaban J connectivity index is 1.38. The highest BCUT2D eigenvalue weighted by atomic mass is 35.5. The zero-order chi connectivity index (χ0) is 19.6. The fraction of sp³-hybridized carbons (Fsp3) is 0.200. The maximum atomic E-state index is 6.22. The summed E-state index contributed by atoms with van der Waals surface area (Å²) in [4.78, 5) is 18.5. The summed E-state index contributed by atoms with van der Waals surface area (Å²) >= 11 is 7.64. The van der Waals surface area contributed by atoms with Gasteiger partial charge in [-0.3, -0.25) is 4.98 Å². The maximum absolute atomic E-state index is 6.22. The quantitative estimate of drug-likeness (QED) is 0.512. The molecule has 9 heteroatoms. The van der Waals surface area contributed by atoms with Gasteiger partial charge < -0.3 is 14.8 Å². The van der Waals surface area contributed by atoms with Crippen LogP contribution in [0.4, 0.5) is 5.82 Å². The largest absolute Gasteiger partial charge is 0.486 e. The predicted octanol–water partition coefficient (Wildman–Crippen LogP) is 4.23. The van der Waals surface area contributed by atoms with Gasteiger partial charge in [-0.2, -0.15) is 0 Å². The van der Waals surface area contributed by atoms with Crippen LogP contribution in [0, 0.1) is 0 Å². The Hall–Kier alpha value is -2.97. The first-order valence-corrected chi connectivity index (χ1v) is 10.3. The van der Waals surface area contributed by atoms with Crippen molar-refractivity contribution >= 4 is 39.0 Å². The van der Waals surface area contributed by atoms with Gasteiger partial charge in [-0.1, -0.05) is 17.7 Å². The van der Waals surface area contributed by atoms with Crippen molar-refractivity contribution in [2.45, 2.75) is 6.42 Å². The maximum Gasteiger partial charge on any atom is 0.183 e. The van der Waals surface area contributed by atoms with Crippen molar-refractivity contribution in [1.82, 2.24) is 19.9 Å². The number of thiophene rings is 1. The first kappa shape index (κ1) is 18.1. The summed E-state index contributed by atoms with van der Waals surface area (Å²) in [6, 6.07) is 7.92. The zero-order valence-electron chi connectivity index (χ0n) is 15.3. The van der Waals surface area contributed by atoms with Crippen LogP contribution in [-0.4, -0.2) is 39.7 Å². The van der Waals surface area contributed by atoms with Crippen LogP contribution < -0.4 is 14.8 Å². The molecule has 0 atom stereocenters. The number of aromatic nitrogens is 4. The molecule has 1 aliphatic heterocycles. The van der Waals surface area contributed by atoms with Gasteiger partial charge in [0, 0.05) is 18.9 Å². The molecule has 0 saturated carbocycles. The van der Waals surface area contributed by atoms with E-state index < -0.39 is 0 Å². The summed E-state index contributed by atoms with van der Waals surface area (Å²) in [5.41, 5.74) is 1.78. The molecule has 3 aromatic heterocycles. The van der Waals surface area contributed by atoms with Crippen LogP contribution in [0.3, 0.4) is 0 Å². The summed E-state index contributed by atoms with van der Waals surface area (Å²) in [5.74, 6) is 2.85. The number of nitrogens with one attached hydrogen (secondary N) is 1. The van der Waals surface area contributed by atoms with Gasteiger partial charge in [-0.25, -0.2) is 15.0 Å². The van der Waals surface area contributed by atoms with Gasteiger partial charge in [0.2, 0.25) is 0 Å². The molecule has 0 saturated heterocycles. The standard InChI is InChI=1S/C20H16ClN5O2S/c21-17-10-13-18(25-19(26-20(13)29-17)14-11-22-5-6-23-14)24-4-3-12-1-2-15-16(9-12)28-8-7-27-15/h1-2,5-6,9-11H,3-4,7-8H2,(H,24,25,26). The van der Waals surface area contributed by atoms with Gasteiger partial charge in [-0.15, -0.1) is 11.3 Å². The summed E-state index contributed by atoms with van der Waals surface area (Å²) < 4.78 is 11.9. The molecule has 1 aliphatic rings. The van der Waals surface area contributed by atoms with Crippen LogP contribution in [0.15, 0.2) is 42.9 Å². The number of hydrogen-bond donors (Lipinski definition) is 1. The molecule has 1 N–H and O–H groups in total. The van der Waals surface area contributed by atoms with Crippen molar-refractivity contribution < 1.29 is 9.47 Å². The van der Waals surface area contributed by atoms with E-state index in [0.717, 1.165) is 39.5 Å². The summed E-state index contributed by atoms with van der Waals surface area (Å²) in [6.45, 7) is 1.87. The Kier molecular flexibility index (Phi) is 4.87. The monoisotopic (exact) mass is 425 g/mol. The topological polar surface area (TPSA) is 82.0 Å². The van der Waals surface area contributed by atoms with E-state index >= 15 is 0 Å². The molecule has 29 heavy (non-hydrogen) atoms. The van der Waals surface area contributed by atoms with Crippen molar-refractivity contribution in [3.8, 4) is 23.0 Å². The minimum atomic E-state index is 0.519. The van der Waals surface area contributed by atoms with Gasteiger partial charge in [0.1, 0.15) is 29.6 Å². The highest BCUT2D eigenvalue weighted by Gasteiger charge is 2.14. The second-order valence-electron chi connectivity index (χ2n) is 6.41. The lowest BCUT2D eigenvalue weighted by Gasteiger charge is -2.19. The Morgan fingerprint density at radius 2 is 1.97 bits per heavy atom. The van der Waals surface area contributed by atoms with Crippen LogP contribution in [0.5, 0.6) is 11.5 Å². The minimum Gasteiger partial charge on any atom is -0.486 e. The zero-order valence-corrected chi connectivity index (χ0v) is 16.8. The lowest BCUT2D eigenvalue weighted by atomic mass is 10.1. The average Bonchev–Trinajstić information content (AvgIpc) is 3.14. The van der Waals surface area contributed by atoms with E-state index in [1.165, 1.54) is 11.3 Å². The smallest absolute Gasteiger partial charge is 0.183 e. The number of rotatable bonds is 5. The normalized spacial score (nSPS) is 12.9. The summed E-state index contributed by atoms with van der Waals surface area (Å²) in [7, 11) is 0. The van der Waals surface area contributed by atoms with Gasteiger partial charge >= 0.3 is 0 Å². The lowest BCUT2D eigenvalue weighted by Crippen LogP contribution is -2.15.